The van der Waals surface area contributed by atoms with Crippen LogP contribution in [0.3, 0.4) is 0 Å². The maximum atomic E-state index is 12.1. The van der Waals surface area contributed by atoms with E-state index in [1.54, 1.807) is 23.5 Å². The zero-order valence-corrected chi connectivity index (χ0v) is 12.9. The average molecular weight is 398 g/mol. The van der Waals surface area contributed by atoms with Crippen molar-refractivity contribution in [2.24, 2.45) is 0 Å². The molecule has 18 heavy (non-hydrogen) atoms. The van der Waals surface area contributed by atoms with Gasteiger partial charge in [-0.1, -0.05) is 28.1 Å². The molecule has 0 saturated heterocycles. The molecule has 0 aliphatic heterocycles. The molecule has 2 rings (SSSR count). The summed E-state index contributed by atoms with van der Waals surface area (Å²) in [7, 11) is 0. The average Bonchev–Trinajstić information content (AvgIpc) is 2.74. The van der Waals surface area contributed by atoms with Gasteiger partial charge in [0.25, 0.3) is 0 Å². The highest BCUT2D eigenvalue weighted by atomic mass is 79.9. The van der Waals surface area contributed by atoms with E-state index >= 15 is 0 Å². The maximum absolute atomic E-state index is 12.1. The summed E-state index contributed by atoms with van der Waals surface area (Å²) in [5.41, 5.74) is 0.877. The van der Waals surface area contributed by atoms with Gasteiger partial charge in [0.15, 0.2) is 0 Å². The molecule has 0 N–H and O–H groups in total. The number of alkyl halides is 3. The molecule has 1 nitrogen and oxygen atoms in total. The molecule has 1 heterocycles. The molecule has 1 unspecified atom stereocenters. The Balaban J connectivity index is 2.22. The number of thiophene rings is 1. The lowest BCUT2D eigenvalue weighted by Crippen LogP contribution is -2.02. The van der Waals surface area contributed by atoms with Crippen molar-refractivity contribution in [2.75, 3.05) is 0 Å². The molecule has 1 atom stereocenters. The standard InChI is InChI=1S/C12H8Br2F2OS/c13-10-5-4-9(18-10)11(14)7-2-1-3-8(6-7)17-12(15)16/h1-6,11-12H. The molecule has 0 aliphatic rings. The van der Waals surface area contributed by atoms with Gasteiger partial charge < -0.3 is 4.74 Å². The second-order valence-electron chi connectivity index (χ2n) is 3.46. The Labute approximate surface area is 124 Å². The minimum Gasteiger partial charge on any atom is -0.435 e. The normalized spacial score (nSPS) is 12.7. The highest BCUT2D eigenvalue weighted by Gasteiger charge is 2.14. The number of hydrogen-bond donors (Lipinski definition) is 0. The molecule has 96 valence electrons. The first-order chi connectivity index (χ1) is 8.56. The maximum Gasteiger partial charge on any atom is 0.387 e. The minimum absolute atomic E-state index is 0.0324. The van der Waals surface area contributed by atoms with Crippen LogP contribution in [0.2, 0.25) is 0 Å². The van der Waals surface area contributed by atoms with Gasteiger partial charge in [-0.3, -0.25) is 0 Å². The van der Waals surface area contributed by atoms with Gasteiger partial charge in [0.05, 0.1) is 8.61 Å². The first-order valence-electron chi connectivity index (χ1n) is 5.00. The van der Waals surface area contributed by atoms with Crippen LogP contribution in [0.25, 0.3) is 0 Å². The highest BCUT2D eigenvalue weighted by molar-refractivity contribution is 9.11. The Morgan fingerprint density at radius 2 is 1.94 bits per heavy atom. The summed E-state index contributed by atoms with van der Waals surface area (Å²) < 4.78 is 29.7. The summed E-state index contributed by atoms with van der Waals surface area (Å²) in [6.07, 6.45) is 0. The van der Waals surface area contributed by atoms with Crippen molar-refractivity contribution in [2.45, 2.75) is 11.4 Å². The first kappa shape index (κ1) is 14.0. The van der Waals surface area contributed by atoms with E-state index < -0.39 is 6.61 Å². The van der Waals surface area contributed by atoms with Gasteiger partial charge in [-0.15, -0.1) is 11.3 Å². The number of benzene rings is 1. The lowest BCUT2D eigenvalue weighted by molar-refractivity contribution is -0.0498. The van der Waals surface area contributed by atoms with Crippen LogP contribution in [-0.4, -0.2) is 6.61 Å². The van der Waals surface area contributed by atoms with Gasteiger partial charge in [0.1, 0.15) is 5.75 Å². The number of halogens is 4. The Morgan fingerprint density at radius 3 is 2.56 bits per heavy atom. The molecule has 1 aromatic heterocycles. The van der Waals surface area contributed by atoms with E-state index in [1.165, 1.54) is 6.07 Å². The number of hydrogen-bond acceptors (Lipinski definition) is 2. The quantitative estimate of drug-likeness (QED) is 0.610. The molecule has 0 aliphatic carbocycles. The molecular weight excluding hydrogens is 390 g/mol. The number of ether oxygens (including phenoxy) is 1. The second kappa shape index (κ2) is 6.12. The van der Waals surface area contributed by atoms with E-state index in [4.69, 9.17) is 0 Å². The topological polar surface area (TPSA) is 9.23 Å². The minimum atomic E-state index is -2.80. The molecule has 6 heteroatoms. The Bertz CT molecular complexity index is 530. The highest BCUT2D eigenvalue weighted by Crippen LogP contribution is 2.37. The van der Waals surface area contributed by atoms with Crippen LogP contribution in [0, 0.1) is 0 Å². The van der Waals surface area contributed by atoms with Crippen molar-refractivity contribution in [1.82, 2.24) is 0 Å². The van der Waals surface area contributed by atoms with Crippen molar-refractivity contribution in [3.63, 3.8) is 0 Å². The lowest BCUT2D eigenvalue weighted by atomic mass is 10.1. The summed E-state index contributed by atoms with van der Waals surface area (Å²) in [5.74, 6) is 0.169. The number of rotatable bonds is 4. The van der Waals surface area contributed by atoms with Gasteiger partial charge in [0.2, 0.25) is 0 Å². The second-order valence-corrected chi connectivity index (χ2v) is 6.87. The van der Waals surface area contributed by atoms with Crippen LogP contribution in [0.1, 0.15) is 15.3 Å². The van der Waals surface area contributed by atoms with Crippen LogP contribution in [0.15, 0.2) is 40.2 Å². The largest absolute Gasteiger partial charge is 0.435 e. The molecule has 0 spiro atoms. The van der Waals surface area contributed by atoms with Crippen molar-refractivity contribution in [3.05, 3.63) is 50.6 Å². The van der Waals surface area contributed by atoms with Crippen molar-refractivity contribution in [3.8, 4) is 5.75 Å². The van der Waals surface area contributed by atoms with E-state index in [0.717, 1.165) is 14.2 Å². The first-order valence-corrected chi connectivity index (χ1v) is 7.53. The zero-order valence-electron chi connectivity index (χ0n) is 8.95. The van der Waals surface area contributed by atoms with Gasteiger partial charge in [-0.05, 0) is 45.8 Å². The van der Waals surface area contributed by atoms with Crippen molar-refractivity contribution >= 4 is 43.2 Å². The summed E-state index contributed by atoms with van der Waals surface area (Å²) in [5, 5.41) is 0. The molecule has 0 bridgehead atoms. The molecule has 0 fully saturated rings. The fourth-order valence-corrected chi connectivity index (χ4v) is 3.62. The molecule has 1 aromatic carbocycles. The summed E-state index contributed by atoms with van der Waals surface area (Å²) in [4.78, 5) is 1.06. The molecule has 0 radical (unpaired) electrons. The van der Waals surface area contributed by atoms with Crippen LogP contribution in [0.5, 0.6) is 5.75 Å². The van der Waals surface area contributed by atoms with Crippen LogP contribution < -0.4 is 4.74 Å². The van der Waals surface area contributed by atoms with E-state index in [0.29, 0.717) is 0 Å². The molecule has 2 aromatic rings. The molecule has 0 saturated carbocycles. The molecule has 0 amide bonds. The summed E-state index contributed by atoms with van der Waals surface area (Å²) in [6, 6.07) is 10.6. The van der Waals surface area contributed by atoms with E-state index in [-0.39, 0.29) is 10.6 Å². The summed E-state index contributed by atoms with van der Waals surface area (Å²) in [6.45, 7) is -2.80. The Kier molecular flexibility index (Phi) is 4.75. The zero-order chi connectivity index (χ0) is 13.1. The Morgan fingerprint density at radius 1 is 1.17 bits per heavy atom. The van der Waals surface area contributed by atoms with Crippen LogP contribution >= 0.6 is 43.2 Å². The van der Waals surface area contributed by atoms with Crippen LogP contribution in [0.4, 0.5) is 8.78 Å². The fourth-order valence-electron chi connectivity index (χ4n) is 1.48. The van der Waals surface area contributed by atoms with Crippen LogP contribution in [-0.2, 0) is 0 Å². The third-order valence-electron chi connectivity index (χ3n) is 2.22. The Hall–Kier alpha value is -0.460. The monoisotopic (exact) mass is 396 g/mol. The lowest BCUT2D eigenvalue weighted by Gasteiger charge is -2.10. The third kappa shape index (κ3) is 3.52. The third-order valence-corrected chi connectivity index (χ3v) is 5.23. The van der Waals surface area contributed by atoms with Gasteiger partial charge in [0, 0.05) is 4.88 Å². The van der Waals surface area contributed by atoms with Gasteiger partial charge >= 0.3 is 6.61 Å². The van der Waals surface area contributed by atoms with E-state index in [1.807, 2.05) is 18.2 Å². The summed E-state index contributed by atoms with van der Waals surface area (Å²) >= 11 is 8.54. The van der Waals surface area contributed by atoms with Crippen molar-refractivity contribution < 1.29 is 13.5 Å². The predicted octanol–water partition coefficient (Wildman–Crippen LogP) is 5.60. The van der Waals surface area contributed by atoms with Crippen molar-refractivity contribution in [1.29, 1.82) is 0 Å². The molecular formula is C12H8Br2F2OS. The van der Waals surface area contributed by atoms with E-state index in [9.17, 15) is 8.78 Å². The predicted molar refractivity (Wildman–Crippen MR) is 75.9 cm³/mol. The van der Waals surface area contributed by atoms with E-state index in [2.05, 4.69) is 36.6 Å². The fraction of sp³-hybridized carbons (Fsp3) is 0.167. The van der Waals surface area contributed by atoms with Gasteiger partial charge in [-0.2, -0.15) is 8.78 Å². The van der Waals surface area contributed by atoms with Gasteiger partial charge in [-0.25, -0.2) is 0 Å². The SMILES string of the molecule is FC(F)Oc1cccc(C(Br)c2ccc(Br)s2)c1. The smallest absolute Gasteiger partial charge is 0.387 e.